The van der Waals surface area contributed by atoms with Gasteiger partial charge in [0.25, 0.3) is 15.9 Å². The number of amides is 1. The van der Waals surface area contributed by atoms with Crippen molar-refractivity contribution in [2.24, 2.45) is 0 Å². The molecule has 4 aromatic rings. The van der Waals surface area contributed by atoms with Crippen molar-refractivity contribution in [2.75, 3.05) is 20.2 Å². The van der Waals surface area contributed by atoms with Crippen LogP contribution in [0.4, 0.5) is 0 Å². The molecular weight excluding hydrogens is 542 g/mol. The number of hydrogen-bond acceptors (Lipinski definition) is 8. The first kappa shape index (κ1) is 28.3. The van der Waals surface area contributed by atoms with E-state index in [-0.39, 0.29) is 16.6 Å². The van der Waals surface area contributed by atoms with Gasteiger partial charge in [-0.3, -0.25) is 9.78 Å². The van der Waals surface area contributed by atoms with Crippen LogP contribution < -0.4 is 19.5 Å². The van der Waals surface area contributed by atoms with Gasteiger partial charge in [-0.2, -0.15) is 0 Å². The number of carbonyl (C=O) groups is 1. The van der Waals surface area contributed by atoms with Crippen molar-refractivity contribution in [1.29, 1.82) is 0 Å². The van der Waals surface area contributed by atoms with Gasteiger partial charge in [-0.15, -0.1) is 0 Å². The first-order chi connectivity index (χ1) is 19.8. The Morgan fingerprint density at radius 2 is 1.88 bits per heavy atom. The fourth-order valence-electron chi connectivity index (χ4n) is 4.67. The van der Waals surface area contributed by atoms with Crippen molar-refractivity contribution in [2.45, 2.75) is 29.9 Å². The minimum Gasteiger partial charge on any atom is -0.497 e. The monoisotopic (exact) mass is 573 g/mol. The molecule has 2 unspecified atom stereocenters. The number of benzene rings is 3. The molecule has 5 rings (SSSR count). The van der Waals surface area contributed by atoms with Crippen molar-refractivity contribution in [3.05, 3.63) is 108 Å². The molecule has 3 aromatic carbocycles. The Balaban J connectivity index is 1.21. The van der Waals surface area contributed by atoms with Crippen molar-refractivity contribution in [3.8, 4) is 22.6 Å². The quantitative estimate of drug-likeness (QED) is 0.261. The highest BCUT2D eigenvalue weighted by Crippen LogP contribution is 2.32. The lowest BCUT2D eigenvalue weighted by molar-refractivity contribution is 0.0981. The third kappa shape index (κ3) is 6.91. The van der Waals surface area contributed by atoms with Crippen LogP contribution in [0, 0.1) is 0 Å². The molecule has 1 amide bonds. The maximum Gasteiger partial charge on any atom is 0.265 e. The number of aromatic nitrogens is 1. The Morgan fingerprint density at radius 1 is 1.07 bits per heavy atom. The molecule has 41 heavy (non-hydrogen) atoms. The molecule has 0 saturated heterocycles. The zero-order valence-electron chi connectivity index (χ0n) is 22.5. The summed E-state index contributed by atoms with van der Waals surface area (Å²) in [7, 11) is -2.58. The molecule has 0 fully saturated rings. The van der Waals surface area contributed by atoms with E-state index >= 15 is 0 Å². The molecule has 0 bridgehead atoms. The van der Waals surface area contributed by atoms with Gasteiger partial charge in [0.05, 0.1) is 18.1 Å². The molecule has 9 nitrogen and oxygen atoms in total. The Morgan fingerprint density at radius 3 is 2.63 bits per heavy atom. The minimum absolute atomic E-state index is 0.00885. The van der Waals surface area contributed by atoms with E-state index in [1.54, 1.807) is 42.7 Å². The fraction of sp³-hybridized carbons (Fsp3) is 0.226. The number of nitrogens with zero attached hydrogens (tertiary/aromatic N) is 1. The Bertz CT molecular complexity index is 1610. The molecule has 1 aliphatic rings. The number of sulfonamides is 1. The fourth-order valence-corrected chi connectivity index (χ4v) is 5.68. The van der Waals surface area contributed by atoms with Crippen LogP contribution in [-0.2, 0) is 16.4 Å². The van der Waals surface area contributed by atoms with Gasteiger partial charge in [0, 0.05) is 36.6 Å². The van der Waals surface area contributed by atoms with E-state index in [1.165, 1.54) is 25.3 Å². The summed E-state index contributed by atoms with van der Waals surface area (Å²) < 4.78 is 39.4. The summed E-state index contributed by atoms with van der Waals surface area (Å²) in [6.07, 6.45) is 4.26. The SMILES string of the molecule is COc1ccc(C(=O)NS(=O)(=O)c2cccc(-c3ccc4c(c3)CCC(CNCC(O)c3cccnc3)O4)c2)cc1. The summed E-state index contributed by atoms with van der Waals surface area (Å²) in [5.74, 6) is 0.631. The number of aliphatic hydroxyl groups excluding tert-OH is 1. The minimum atomic E-state index is -4.10. The highest BCUT2D eigenvalue weighted by Gasteiger charge is 2.22. The Hall–Kier alpha value is -4.25. The number of aliphatic hydroxyl groups is 1. The topological polar surface area (TPSA) is 127 Å². The third-order valence-electron chi connectivity index (χ3n) is 6.93. The summed E-state index contributed by atoms with van der Waals surface area (Å²) >= 11 is 0. The molecule has 212 valence electrons. The lowest BCUT2D eigenvalue weighted by Crippen LogP contribution is -2.36. The second-order valence-corrected chi connectivity index (χ2v) is 11.4. The summed E-state index contributed by atoms with van der Waals surface area (Å²) in [6, 6.07) is 22.1. The van der Waals surface area contributed by atoms with Crippen molar-refractivity contribution in [3.63, 3.8) is 0 Å². The molecule has 0 saturated carbocycles. The highest BCUT2D eigenvalue weighted by atomic mass is 32.2. The van der Waals surface area contributed by atoms with E-state index in [9.17, 15) is 18.3 Å². The van der Waals surface area contributed by atoms with Gasteiger partial charge < -0.3 is 19.9 Å². The summed E-state index contributed by atoms with van der Waals surface area (Å²) in [4.78, 5) is 16.6. The van der Waals surface area contributed by atoms with E-state index in [2.05, 4.69) is 15.0 Å². The van der Waals surface area contributed by atoms with Gasteiger partial charge in [-0.05, 0) is 84.1 Å². The molecule has 10 heteroatoms. The van der Waals surface area contributed by atoms with Crippen LogP contribution in [0.5, 0.6) is 11.5 Å². The predicted molar refractivity (Wildman–Crippen MR) is 154 cm³/mol. The average Bonchev–Trinajstić information content (AvgIpc) is 3.01. The van der Waals surface area contributed by atoms with Gasteiger partial charge in [0.15, 0.2) is 0 Å². The van der Waals surface area contributed by atoms with E-state index in [0.717, 1.165) is 35.3 Å². The van der Waals surface area contributed by atoms with Gasteiger partial charge in [-0.25, -0.2) is 13.1 Å². The predicted octanol–water partition coefficient (Wildman–Crippen LogP) is 3.89. The molecule has 1 aliphatic heterocycles. The number of rotatable bonds is 10. The van der Waals surface area contributed by atoms with Crippen molar-refractivity contribution >= 4 is 15.9 Å². The molecule has 2 heterocycles. The Labute approximate surface area is 239 Å². The maximum atomic E-state index is 13.0. The van der Waals surface area contributed by atoms with Crippen LogP contribution in [0.15, 0.2) is 96.2 Å². The second kappa shape index (κ2) is 12.5. The molecule has 0 aliphatic carbocycles. The number of ether oxygens (including phenoxy) is 2. The number of aryl methyl sites for hydroxylation is 1. The maximum absolute atomic E-state index is 13.0. The highest BCUT2D eigenvalue weighted by molar-refractivity contribution is 7.90. The van der Waals surface area contributed by atoms with Crippen LogP contribution in [0.3, 0.4) is 0 Å². The summed E-state index contributed by atoms with van der Waals surface area (Å²) in [5.41, 5.74) is 3.57. The van der Waals surface area contributed by atoms with Crippen LogP contribution in [0.1, 0.15) is 34.0 Å². The third-order valence-corrected chi connectivity index (χ3v) is 8.25. The van der Waals surface area contributed by atoms with Crippen LogP contribution in [0.25, 0.3) is 11.1 Å². The van der Waals surface area contributed by atoms with E-state index < -0.39 is 22.0 Å². The first-order valence-corrected chi connectivity index (χ1v) is 14.7. The normalized spacial score (nSPS) is 15.3. The molecule has 0 radical (unpaired) electrons. The molecule has 3 N–H and O–H groups in total. The molecule has 1 aromatic heterocycles. The van der Waals surface area contributed by atoms with Crippen LogP contribution in [0.2, 0.25) is 0 Å². The van der Waals surface area contributed by atoms with E-state index in [1.807, 2.05) is 30.3 Å². The number of methoxy groups -OCH3 is 1. The summed E-state index contributed by atoms with van der Waals surface area (Å²) in [6.45, 7) is 0.998. The Kier molecular flexibility index (Phi) is 8.63. The number of fused-ring (bicyclic) bond motifs is 1. The van der Waals surface area contributed by atoms with Gasteiger partial charge >= 0.3 is 0 Å². The lowest BCUT2D eigenvalue weighted by Gasteiger charge is -2.27. The smallest absolute Gasteiger partial charge is 0.265 e. The van der Waals surface area contributed by atoms with Gasteiger partial charge in [-0.1, -0.05) is 24.3 Å². The first-order valence-electron chi connectivity index (χ1n) is 13.2. The van der Waals surface area contributed by atoms with E-state index in [0.29, 0.717) is 24.4 Å². The van der Waals surface area contributed by atoms with Crippen molar-refractivity contribution in [1.82, 2.24) is 15.0 Å². The zero-order chi connectivity index (χ0) is 28.8. The van der Waals surface area contributed by atoms with Crippen molar-refractivity contribution < 1.29 is 27.8 Å². The number of hydrogen-bond donors (Lipinski definition) is 3. The zero-order valence-corrected chi connectivity index (χ0v) is 23.3. The largest absolute Gasteiger partial charge is 0.497 e. The summed E-state index contributed by atoms with van der Waals surface area (Å²) in [5, 5.41) is 13.6. The molecule has 2 atom stereocenters. The molecule has 0 spiro atoms. The number of carbonyl (C=O) groups excluding carboxylic acids is 1. The lowest BCUT2D eigenvalue weighted by atomic mass is 9.97. The number of pyridine rings is 1. The number of nitrogens with one attached hydrogen (secondary N) is 2. The van der Waals surface area contributed by atoms with Gasteiger partial charge in [0.2, 0.25) is 0 Å². The van der Waals surface area contributed by atoms with Crippen LogP contribution >= 0.6 is 0 Å². The van der Waals surface area contributed by atoms with E-state index in [4.69, 9.17) is 9.47 Å². The standard InChI is InChI=1S/C31H31N3O6S/c1-39-26-11-7-21(8-12-26)31(36)34-41(37,38)28-6-2-4-22(17-28)23-10-14-30-24(16-23)9-13-27(40-30)19-33-20-29(35)25-5-3-15-32-18-25/h2-8,10-12,14-18,27,29,33,35H,9,13,19-20H2,1H3,(H,34,36). The second-order valence-electron chi connectivity index (χ2n) is 9.75. The molecular formula is C31H31N3O6S. The van der Waals surface area contributed by atoms with Gasteiger partial charge in [0.1, 0.15) is 17.6 Å². The average molecular weight is 574 g/mol. The van der Waals surface area contributed by atoms with Crippen LogP contribution in [-0.4, -0.2) is 50.7 Å².